The predicted molar refractivity (Wildman–Crippen MR) is 95.0 cm³/mol. The summed E-state index contributed by atoms with van der Waals surface area (Å²) in [7, 11) is 0. The van der Waals surface area contributed by atoms with E-state index < -0.39 is 0 Å². The van der Waals surface area contributed by atoms with Gasteiger partial charge in [0.25, 0.3) is 0 Å². The van der Waals surface area contributed by atoms with Crippen molar-refractivity contribution in [1.82, 2.24) is 15.0 Å². The SMILES string of the molecule is CCCCC(C)CCCn1nncc1CCCCCC(C)C. The van der Waals surface area contributed by atoms with Crippen molar-refractivity contribution in [1.29, 1.82) is 0 Å². The van der Waals surface area contributed by atoms with Crippen LogP contribution in [0.15, 0.2) is 6.20 Å². The first-order chi connectivity index (χ1) is 10.6. The summed E-state index contributed by atoms with van der Waals surface area (Å²) < 4.78 is 2.13. The van der Waals surface area contributed by atoms with Crippen molar-refractivity contribution < 1.29 is 0 Å². The summed E-state index contributed by atoms with van der Waals surface area (Å²) >= 11 is 0. The molecule has 3 heteroatoms. The fourth-order valence-electron chi connectivity index (χ4n) is 2.98. The van der Waals surface area contributed by atoms with Crippen LogP contribution in [-0.4, -0.2) is 15.0 Å². The summed E-state index contributed by atoms with van der Waals surface area (Å²) in [6.07, 6.45) is 15.0. The van der Waals surface area contributed by atoms with Crippen LogP contribution in [0.25, 0.3) is 0 Å². The molecule has 1 unspecified atom stereocenters. The lowest BCUT2D eigenvalue weighted by atomic mass is 9.99. The highest BCUT2D eigenvalue weighted by atomic mass is 15.4. The van der Waals surface area contributed by atoms with Crippen LogP contribution in [-0.2, 0) is 13.0 Å². The van der Waals surface area contributed by atoms with Gasteiger partial charge in [0.1, 0.15) is 0 Å². The van der Waals surface area contributed by atoms with Crippen molar-refractivity contribution in [2.75, 3.05) is 0 Å². The average molecular weight is 308 g/mol. The molecule has 0 aliphatic rings. The van der Waals surface area contributed by atoms with Gasteiger partial charge in [0.15, 0.2) is 0 Å². The predicted octanol–water partition coefficient (Wildman–Crippen LogP) is 5.64. The van der Waals surface area contributed by atoms with Gasteiger partial charge in [0.2, 0.25) is 0 Å². The Morgan fingerprint density at radius 2 is 1.73 bits per heavy atom. The Bertz CT molecular complexity index is 371. The van der Waals surface area contributed by atoms with Crippen molar-refractivity contribution in [2.24, 2.45) is 11.8 Å². The molecule has 1 aromatic heterocycles. The highest BCUT2D eigenvalue weighted by molar-refractivity contribution is 4.93. The van der Waals surface area contributed by atoms with Crippen LogP contribution in [0.1, 0.15) is 91.2 Å². The zero-order chi connectivity index (χ0) is 16.2. The maximum absolute atomic E-state index is 4.27. The van der Waals surface area contributed by atoms with Crippen LogP contribution in [0, 0.1) is 11.8 Å². The van der Waals surface area contributed by atoms with Crippen LogP contribution >= 0.6 is 0 Å². The van der Waals surface area contributed by atoms with E-state index in [1.807, 2.05) is 6.20 Å². The van der Waals surface area contributed by atoms with E-state index in [9.17, 15) is 0 Å². The monoisotopic (exact) mass is 307 g/mol. The topological polar surface area (TPSA) is 30.7 Å². The van der Waals surface area contributed by atoms with E-state index in [1.165, 1.54) is 63.5 Å². The van der Waals surface area contributed by atoms with Crippen LogP contribution < -0.4 is 0 Å². The van der Waals surface area contributed by atoms with Gasteiger partial charge < -0.3 is 0 Å². The molecule has 1 heterocycles. The van der Waals surface area contributed by atoms with Gasteiger partial charge in [0, 0.05) is 6.54 Å². The minimum atomic E-state index is 0.835. The molecule has 1 aromatic rings. The van der Waals surface area contributed by atoms with E-state index >= 15 is 0 Å². The maximum atomic E-state index is 4.27. The van der Waals surface area contributed by atoms with Crippen molar-refractivity contribution in [3.8, 4) is 0 Å². The van der Waals surface area contributed by atoms with Crippen LogP contribution in [0.5, 0.6) is 0 Å². The molecule has 0 N–H and O–H groups in total. The van der Waals surface area contributed by atoms with Gasteiger partial charge in [0.05, 0.1) is 11.9 Å². The Kier molecular flexibility index (Phi) is 10.2. The lowest BCUT2D eigenvalue weighted by Crippen LogP contribution is -2.07. The molecule has 1 rings (SSSR count). The second-order valence-corrected chi connectivity index (χ2v) is 7.33. The zero-order valence-corrected chi connectivity index (χ0v) is 15.4. The zero-order valence-electron chi connectivity index (χ0n) is 15.4. The van der Waals surface area contributed by atoms with E-state index in [1.54, 1.807) is 0 Å². The summed E-state index contributed by atoms with van der Waals surface area (Å²) in [6.45, 7) is 10.3. The minimum absolute atomic E-state index is 0.835. The molecule has 0 aliphatic carbocycles. The Balaban J connectivity index is 2.18. The number of rotatable bonds is 13. The van der Waals surface area contributed by atoms with Gasteiger partial charge >= 0.3 is 0 Å². The summed E-state index contributed by atoms with van der Waals surface area (Å²) in [5.41, 5.74) is 1.32. The Hall–Kier alpha value is -0.860. The maximum Gasteiger partial charge on any atom is 0.0725 e. The van der Waals surface area contributed by atoms with Gasteiger partial charge in [-0.25, -0.2) is 4.68 Å². The molecule has 128 valence electrons. The molecule has 1 atom stereocenters. The number of unbranched alkanes of at least 4 members (excludes halogenated alkanes) is 3. The van der Waals surface area contributed by atoms with E-state index in [-0.39, 0.29) is 0 Å². The molecule has 3 nitrogen and oxygen atoms in total. The smallest absolute Gasteiger partial charge is 0.0725 e. The molecule has 22 heavy (non-hydrogen) atoms. The highest BCUT2D eigenvalue weighted by Crippen LogP contribution is 2.15. The van der Waals surface area contributed by atoms with Gasteiger partial charge in [-0.15, -0.1) is 5.10 Å². The van der Waals surface area contributed by atoms with E-state index in [4.69, 9.17) is 0 Å². The Morgan fingerprint density at radius 1 is 0.955 bits per heavy atom. The van der Waals surface area contributed by atoms with Gasteiger partial charge in [-0.2, -0.15) is 0 Å². The van der Waals surface area contributed by atoms with Gasteiger partial charge in [-0.3, -0.25) is 0 Å². The fourth-order valence-corrected chi connectivity index (χ4v) is 2.98. The first-order valence-corrected chi connectivity index (χ1v) is 9.50. The molecule has 0 amide bonds. The van der Waals surface area contributed by atoms with Crippen LogP contribution in [0.3, 0.4) is 0 Å². The average Bonchev–Trinajstić information content (AvgIpc) is 2.92. The van der Waals surface area contributed by atoms with Crippen molar-refractivity contribution >= 4 is 0 Å². The van der Waals surface area contributed by atoms with Crippen molar-refractivity contribution in [3.05, 3.63) is 11.9 Å². The lowest BCUT2D eigenvalue weighted by Gasteiger charge is -2.11. The molecule has 0 fully saturated rings. The van der Waals surface area contributed by atoms with Gasteiger partial charge in [-0.05, 0) is 37.5 Å². The van der Waals surface area contributed by atoms with Gasteiger partial charge in [-0.1, -0.05) is 71.4 Å². The molecule has 0 bridgehead atoms. The number of hydrogen-bond donors (Lipinski definition) is 0. The molecule has 0 aromatic carbocycles. The molecule has 0 radical (unpaired) electrons. The quantitative estimate of drug-likeness (QED) is 0.441. The summed E-state index contributed by atoms with van der Waals surface area (Å²) in [4.78, 5) is 0. The Morgan fingerprint density at radius 3 is 2.45 bits per heavy atom. The van der Waals surface area contributed by atoms with E-state index in [0.717, 1.165) is 24.8 Å². The first kappa shape index (κ1) is 19.2. The molecule has 0 saturated heterocycles. The van der Waals surface area contributed by atoms with Crippen LogP contribution in [0.2, 0.25) is 0 Å². The number of aryl methyl sites for hydroxylation is 2. The normalized spacial score (nSPS) is 13.0. The fraction of sp³-hybridized carbons (Fsp3) is 0.895. The third-order valence-electron chi connectivity index (χ3n) is 4.53. The Labute approximate surface area is 137 Å². The standard InChI is InChI=1S/C19H37N3/c1-5-6-12-18(4)13-10-15-22-19(16-20-21-22)14-9-7-8-11-17(2)3/h16-18H,5-15H2,1-4H3. The lowest BCUT2D eigenvalue weighted by molar-refractivity contribution is 0.421. The molecular weight excluding hydrogens is 270 g/mol. The highest BCUT2D eigenvalue weighted by Gasteiger charge is 2.06. The molecule has 0 spiro atoms. The third-order valence-corrected chi connectivity index (χ3v) is 4.53. The summed E-state index contributed by atoms with van der Waals surface area (Å²) in [5, 5.41) is 8.38. The minimum Gasteiger partial charge on any atom is -0.249 e. The van der Waals surface area contributed by atoms with Crippen molar-refractivity contribution in [3.63, 3.8) is 0 Å². The molecule has 0 aliphatic heterocycles. The van der Waals surface area contributed by atoms with E-state index in [0.29, 0.717) is 0 Å². The second kappa shape index (κ2) is 11.7. The van der Waals surface area contributed by atoms with Crippen molar-refractivity contribution in [2.45, 2.75) is 98.4 Å². The first-order valence-electron chi connectivity index (χ1n) is 9.50. The molecule has 0 saturated carbocycles. The summed E-state index contributed by atoms with van der Waals surface area (Å²) in [6, 6.07) is 0. The second-order valence-electron chi connectivity index (χ2n) is 7.33. The number of hydrogen-bond acceptors (Lipinski definition) is 2. The van der Waals surface area contributed by atoms with Crippen LogP contribution in [0.4, 0.5) is 0 Å². The number of nitrogens with zero attached hydrogens (tertiary/aromatic N) is 3. The largest absolute Gasteiger partial charge is 0.249 e. The van der Waals surface area contributed by atoms with E-state index in [2.05, 4.69) is 42.7 Å². The summed E-state index contributed by atoms with van der Waals surface area (Å²) in [5.74, 6) is 1.69. The third kappa shape index (κ3) is 8.55. The number of aromatic nitrogens is 3. The molecular formula is C19H37N3.